The predicted octanol–water partition coefficient (Wildman–Crippen LogP) is 5.66. The molecule has 3 amide bonds. The van der Waals surface area contributed by atoms with Gasteiger partial charge >= 0.3 is 6.09 Å². The Morgan fingerprint density at radius 2 is 1.76 bits per heavy atom. The van der Waals surface area contributed by atoms with Crippen LogP contribution >= 0.6 is 0 Å². The number of carbonyl (C=O) groups excluding carboxylic acids is 3. The van der Waals surface area contributed by atoms with E-state index in [0.717, 1.165) is 6.07 Å². The predicted molar refractivity (Wildman–Crippen MR) is 165 cm³/mol. The van der Waals surface area contributed by atoms with Gasteiger partial charge in [-0.1, -0.05) is 12.1 Å². The topological polar surface area (TPSA) is 126 Å². The molecule has 45 heavy (non-hydrogen) atoms. The van der Waals surface area contributed by atoms with Crippen LogP contribution in [0, 0.1) is 17.1 Å². The first kappa shape index (κ1) is 29.5. The van der Waals surface area contributed by atoms with Gasteiger partial charge in [0.15, 0.2) is 5.82 Å². The minimum absolute atomic E-state index is 0.136. The number of fused-ring (bicyclic) bond motifs is 4. The van der Waals surface area contributed by atoms with E-state index in [9.17, 15) is 24.0 Å². The quantitative estimate of drug-likeness (QED) is 0.228. The Balaban J connectivity index is 1.47. The lowest BCUT2D eigenvalue weighted by Gasteiger charge is -2.24. The molecule has 0 aliphatic carbocycles. The van der Waals surface area contributed by atoms with Gasteiger partial charge in [-0.25, -0.2) is 19.2 Å². The van der Waals surface area contributed by atoms with Gasteiger partial charge in [0.1, 0.15) is 22.6 Å². The molecule has 3 aromatic heterocycles. The van der Waals surface area contributed by atoms with Crippen molar-refractivity contribution in [1.82, 2.24) is 24.0 Å². The number of benzene rings is 2. The van der Waals surface area contributed by atoms with Crippen LogP contribution in [0.1, 0.15) is 53.5 Å². The summed E-state index contributed by atoms with van der Waals surface area (Å²) in [7, 11) is 3.37. The highest BCUT2D eigenvalue weighted by Gasteiger charge is 2.35. The number of hydrogen-bond donors (Lipinski definition) is 0. The second-order valence-electron chi connectivity index (χ2n) is 11.9. The zero-order chi connectivity index (χ0) is 32.2. The zero-order valence-electron chi connectivity index (χ0n) is 25.5. The van der Waals surface area contributed by atoms with Crippen LogP contribution in [-0.2, 0) is 18.3 Å². The molecule has 0 unspecified atom stereocenters. The molecule has 1 aliphatic rings. The summed E-state index contributed by atoms with van der Waals surface area (Å²) in [5, 5.41) is 10.2. The highest BCUT2D eigenvalue weighted by Crippen LogP contribution is 2.36. The maximum Gasteiger partial charge on any atom is 0.415 e. The Morgan fingerprint density at radius 1 is 1.07 bits per heavy atom. The van der Waals surface area contributed by atoms with Crippen molar-refractivity contribution in [3.63, 3.8) is 0 Å². The molecule has 0 fully saturated rings. The number of hydrogen-bond acceptors (Lipinski definition) is 7. The van der Waals surface area contributed by atoms with E-state index in [1.807, 2.05) is 28.3 Å². The summed E-state index contributed by atoms with van der Waals surface area (Å²) in [5.74, 6) is -1.02. The van der Waals surface area contributed by atoms with Crippen molar-refractivity contribution in [2.45, 2.75) is 39.3 Å². The summed E-state index contributed by atoms with van der Waals surface area (Å²) in [6, 6.07) is 14.6. The first-order chi connectivity index (χ1) is 21.4. The van der Waals surface area contributed by atoms with Crippen LogP contribution in [0.3, 0.4) is 0 Å². The first-order valence-corrected chi connectivity index (χ1v) is 14.3. The average molecular weight is 608 g/mol. The van der Waals surface area contributed by atoms with Gasteiger partial charge in [0.2, 0.25) is 0 Å². The zero-order valence-corrected chi connectivity index (χ0v) is 25.5. The number of amides is 3. The van der Waals surface area contributed by atoms with Gasteiger partial charge in [0, 0.05) is 38.1 Å². The fraction of sp³-hybridized carbons (Fsp3) is 0.273. The minimum atomic E-state index is -0.744. The van der Waals surface area contributed by atoms with E-state index in [1.54, 1.807) is 64.5 Å². The van der Waals surface area contributed by atoms with Crippen LogP contribution in [0.25, 0.3) is 33.3 Å². The number of halogens is 1. The molecule has 0 radical (unpaired) electrons. The third-order valence-electron chi connectivity index (χ3n) is 7.63. The first-order valence-electron chi connectivity index (χ1n) is 14.3. The molecule has 0 bridgehead atoms. The number of anilines is 1. The van der Waals surface area contributed by atoms with Gasteiger partial charge in [-0.15, -0.1) is 0 Å². The summed E-state index contributed by atoms with van der Waals surface area (Å²) in [6.45, 7) is 5.72. The summed E-state index contributed by atoms with van der Waals surface area (Å²) >= 11 is 0. The van der Waals surface area contributed by atoms with Crippen molar-refractivity contribution in [3.05, 3.63) is 77.4 Å². The second kappa shape index (κ2) is 10.9. The van der Waals surface area contributed by atoms with E-state index in [0.29, 0.717) is 50.9 Å². The van der Waals surface area contributed by atoms with Crippen LogP contribution < -0.4 is 4.90 Å². The fourth-order valence-electron chi connectivity index (χ4n) is 5.65. The number of aromatic nitrogens is 4. The average Bonchev–Trinajstić information content (AvgIpc) is 3.63. The van der Waals surface area contributed by atoms with Gasteiger partial charge in [-0.3, -0.25) is 19.4 Å². The number of carbonyl (C=O) groups is 3. The molecule has 0 atom stereocenters. The Labute approximate surface area is 258 Å². The lowest BCUT2D eigenvalue weighted by atomic mass is 10.1. The van der Waals surface area contributed by atoms with Gasteiger partial charge in [-0.05, 0) is 63.6 Å². The smallest absolute Gasteiger partial charge is 0.415 e. The molecule has 0 N–H and O–H groups in total. The maximum absolute atomic E-state index is 14.7. The molecule has 0 spiro atoms. The van der Waals surface area contributed by atoms with E-state index >= 15 is 0 Å². The molecule has 0 saturated heterocycles. The molecular formula is C33H30FN7O4. The number of aryl methyl sites for hydroxylation is 2. The van der Waals surface area contributed by atoms with Gasteiger partial charge in [-0.2, -0.15) is 5.26 Å². The van der Waals surface area contributed by atoms with Crippen molar-refractivity contribution >= 4 is 45.8 Å². The molecule has 11 nitrogen and oxygen atoms in total. The van der Waals surface area contributed by atoms with Crippen molar-refractivity contribution in [3.8, 4) is 17.3 Å². The minimum Gasteiger partial charge on any atom is -0.443 e. The van der Waals surface area contributed by atoms with Crippen LogP contribution in [0.15, 0.2) is 54.9 Å². The fourth-order valence-corrected chi connectivity index (χ4v) is 5.65. The monoisotopic (exact) mass is 607 g/mol. The number of imidazole rings is 1. The van der Waals surface area contributed by atoms with Crippen LogP contribution in [-0.4, -0.2) is 61.1 Å². The lowest BCUT2D eigenvalue weighted by molar-refractivity contribution is 0.0586. The van der Waals surface area contributed by atoms with Crippen LogP contribution in [0.2, 0.25) is 0 Å². The van der Waals surface area contributed by atoms with Crippen molar-refractivity contribution in [2.24, 2.45) is 7.05 Å². The molecule has 1 aliphatic heterocycles. The number of imide groups is 1. The summed E-state index contributed by atoms with van der Waals surface area (Å²) in [4.78, 5) is 51.1. The highest BCUT2D eigenvalue weighted by atomic mass is 19.1. The highest BCUT2D eigenvalue weighted by molar-refractivity contribution is 6.21. The Hall–Kier alpha value is -5.57. The number of pyridine rings is 1. The summed E-state index contributed by atoms with van der Waals surface area (Å²) < 4.78 is 23.9. The number of nitriles is 1. The van der Waals surface area contributed by atoms with E-state index < -0.39 is 17.5 Å². The molecule has 228 valence electrons. The molecule has 5 aromatic rings. The summed E-state index contributed by atoms with van der Waals surface area (Å²) in [5.41, 5.74) is 2.77. The summed E-state index contributed by atoms with van der Waals surface area (Å²) in [6.07, 6.45) is 1.35. The molecule has 2 aromatic carbocycles. The van der Waals surface area contributed by atoms with Crippen LogP contribution in [0.4, 0.5) is 15.0 Å². The lowest BCUT2D eigenvalue weighted by Crippen LogP contribution is -2.34. The standard InChI is InChI=1S/C33H30FN7O4/c1-33(2,3)45-32(44)39(5)29-26-27(38(4)18-36-26)24-16-25(20-13-19(17-35)14-21(34)15-20)40(28(24)37-29)11-8-12-41-30(42)22-9-6-7-10-23(22)31(41)43/h6-7,9-10,13-16,18H,8,11-12H2,1-5H3. The number of nitrogens with zero attached hydrogens (tertiary/aromatic N) is 7. The SMILES string of the molecule is CN(C(=O)OC(C)(C)C)c1nc2c(cc(-c3cc(F)cc(C#N)c3)n2CCCN2C(=O)c3ccccc3C2=O)c2c1ncn2C. The number of ether oxygens (including phenoxy) is 1. The molecule has 12 heteroatoms. The van der Waals surface area contributed by atoms with Crippen molar-refractivity contribution in [2.75, 3.05) is 18.5 Å². The van der Waals surface area contributed by atoms with Crippen molar-refractivity contribution in [1.29, 1.82) is 5.26 Å². The van der Waals surface area contributed by atoms with Crippen LogP contribution in [0.5, 0.6) is 0 Å². The second-order valence-corrected chi connectivity index (χ2v) is 11.9. The number of rotatable bonds is 6. The molecule has 4 heterocycles. The van der Waals surface area contributed by atoms with Crippen molar-refractivity contribution < 1.29 is 23.5 Å². The Kier molecular flexibility index (Phi) is 7.12. The third-order valence-corrected chi connectivity index (χ3v) is 7.63. The normalized spacial score (nSPS) is 13.0. The van der Waals surface area contributed by atoms with Gasteiger partial charge < -0.3 is 13.9 Å². The van der Waals surface area contributed by atoms with E-state index in [4.69, 9.17) is 9.72 Å². The molecule has 6 rings (SSSR count). The van der Waals surface area contributed by atoms with E-state index in [2.05, 4.69) is 4.98 Å². The molecular weight excluding hydrogens is 577 g/mol. The Morgan fingerprint density at radius 3 is 2.40 bits per heavy atom. The maximum atomic E-state index is 14.7. The Bertz CT molecular complexity index is 2050. The van der Waals surface area contributed by atoms with E-state index in [-0.39, 0.29) is 36.3 Å². The molecule has 0 saturated carbocycles. The van der Waals surface area contributed by atoms with E-state index in [1.165, 1.54) is 15.9 Å². The largest absolute Gasteiger partial charge is 0.443 e. The third kappa shape index (κ3) is 5.16. The van der Waals surface area contributed by atoms with Gasteiger partial charge in [0.25, 0.3) is 11.8 Å². The van der Waals surface area contributed by atoms with Gasteiger partial charge in [0.05, 0.1) is 40.3 Å².